The van der Waals surface area contributed by atoms with Crippen molar-refractivity contribution in [1.82, 2.24) is 4.98 Å². The van der Waals surface area contributed by atoms with E-state index in [-0.39, 0.29) is 0 Å². The Hall–Kier alpha value is -0.630. The molecule has 0 spiro atoms. The highest BCUT2D eigenvalue weighted by Crippen LogP contribution is 2.20. The van der Waals surface area contributed by atoms with Gasteiger partial charge in [0.15, 0.2) is 0 Å². The van der Waals surface area contributed by atoms with E-state index in [4.69, 9.17) is 11.6 Å². The van der Waals surface area contributed by atoms with Crippen LogP contribution in [0.2, 0.25) is 5.02 Å². The van der Waals surface area contributed by atoms with Gasteiger partial charge in [0.1, 0.15) is 6.67 Å². The highest BCUT2D eigenvalue weighted by molar-refractivity contribution is 6.31. The zero-order valence-electron chi connectivity index (χ0n) is 7.14. The molecule has 0 aliphatic carbocycles. The van der Waals surface area contributed by atoms with Gasteiger partial charge >= 0.3 is 0 Å². The third-order valence-electron chi connectivity index (χ3n) is 1.73. The lowest BCUT2D eigenvalue weighted by atomic mass is 10.1. The number of hydrogen-bond acceptors (Lipinski definition) is 1. The Morgan fingerprint density at radius 1 is 1.58 bits per heavy atom. The van der Waals surface area contributed by atoms with E-state index in [2.05, 4.69) is 4.98 Å². The highest BCUT2D eigenvalue weighted by Gasteiger charge is 2.05. The molecule has 12 heavy (non-hydrogen) atoms. The fraction of sp³-hybridized carbons (Fsp3) is 0.444. The summed E-state index contributed by atoms with van der Waals surface area (Å²) in [7, 11) is 0. The lowest BCUT2D eigenvalue weighted by molar-refractivity contribution is 0.476. The number of halogens is 2. The van der Waals surface area contributed by atoms with E-state index < -0.39 is 6.67 Å². The van der Waals surface area contributed by atoms with Crippen LogP contribution < -0.4 is 0 Å². The van der Waals surface area contributed by atoms with Gasteiger partial charge in [0.05, 0.1) is 10.7 Å². The van der Waals surface area contributed by atoms with Crippen molar-refractivity contribution >= 4 is 11.6 Å². The maximum absolute atomic E-state index is 12.2. The van der Waals surface area contributed by atoms with Gasteiger partial charge in [-0.15, -0.1) is 0 Å². The van der Waals surface area contributed by atoms with E-state index in [0.717, 1.165) is 5.56 Å². The molecule has 1 heterocycles. The maximum atomic E-state index is 12.2. The molecule has 0 fully saturated rings. The minimum Gasteiger partial charge on any atom is -0.257 e. The molecule has 66 valence electrons. The molecule has 1 nitrogen and oxygen atoms in total. The Labute approximate surface area is 76.6 Å². The number of nitrogens with zero attached hydrogens (tertiary/aromatic N) is 1. The number of hydrogen-bond donors (Lipinski definition) is 0. The Morgan fingerprint density at radius 2 is 2.25 bits per heavy atom. The summed E-state index contributed by atoms with van der Waals surface area (Å²) in [6.45, 7) is 3.49. The lowest BCUT2D eigenvalue weighted by Gasteiger charge is -2.06. The molecule has 0 saturated heterocycles. The molecule has 0 aromatic carbocycles. The maximum Gasteiger partial charge on any atom is 0.133 e. The summed E-state index contributed by atoms with van der Waals surface area (Å²) in [5, 5.41) is 0.420. The molecule has 0 unspecified atom stereocenters. The van der Waals surface area contributed by atoms with E-state index in [1.165, 1.54) is 0 Å². The number of rotatable bonds is 2. The summed E-state index contributed by atoms with van der Waals surface area (Å²) >= 11 is 5.77. The molecule has 1 aromatic rings. The van der Waals surface area contributed by atoms with Gasteiger partial charge < -0.3 is 0 Å². The largest absolute Gasteiger partial charge is 0.257 e. The molecule has 0 N–H and O–H groups in total. The fourth-order valence-corrected chi connectivity index (χ4v) is 1.12. The lowest BCUT2D eigenvalue weighted by Crippen LogP contribution is -1.93. The first kappa shape index (κ1) is 9.46. The Kier molecular flexibility index (Phi) is 3.04. The summed E-state index contributed by atoms with van der Waals surface area (Å²) < 4.78 is 12.2. The summed E-state index contributed by atoms with van der Waals surface area (Å²) in [4.78, 5) is 3.91. The molecule has 0 atom stereocenters. The summed E-state index contributed by atoms with van der Waals surface area (Å²) in [5.74, 6) is 0.378. The van der Waals surface area contributed by atoms with E-state index in [9.17, 15) is 4.39 Å². The quantitative estimate of drug-likeness (QED) is 0.692. The normalized spacial score (nSPS) is 10.8. The molecular formula is C9H11ClFN. The molecule has 3 heteroatoms. The van der Waals surface area contributed by atoms with Gasteiger partial charge in [0, 0.05) is 6.20 Å². The second-order valence-corrected chi connectivity index (χ2v) is 3.39. The molecule has 0 aliphatic rings. The van der Waals surface area contributed by atoms with Gasteiger partial charge in [-0.2, -0.15) is 0 Å². The van der Waals surface area contributed by atoms with Crippen LogP contribution in [0.1, 0.15) is 31.0 Å². The minimum absolute atomic E-state index is 0.320. The van der Waals surface area contributed by atoms with Gasteiger partial charge in [-0.25, -0.2) is 4.39 Å². The van der Waals surface area contributed by atoms with Crippen molar-refractivity contribution in [3.05, 3.63) is 28.5 Å². The van der Waals surface area contributed by atoms with E-state index in [1.54, 1.807) is 12.3 Å². The Balaban J connectivity index is 3.02. The minimum atomic E-state index is -0.600. The van der Waals surface area contributed by atoms with Gasteiger partial charge in [-0.05, 0) is 17.5 Å². The van der Waals surface area contributed by atoms with Crippen molar-refractivity contribution in [2.45, 2.75) is 26.4 Å². The molecule has 0 aliphatic heterocycles. The monoisotopic (exact) mass is 187 g/mol. The summed E-state index contributed by atoms with van der Waals surface area (Å²) in [6, 6.07) is 1.77. The van der Waals surface area contributed by atoms with Crippen LogP contribution in [0.5, 0.6) is 0 Å². The van der Waals surface area contributed by atoms with E-state index in [1.807, 2.05) is 13.8 Å². The van der Waals surface area contributed by atoms with Gasteiger partial charge in [0.2, 0.25) is 0 Å². The van der Waals surface area contributed by atoms with Gasteiger partial charge in [-0.3, -0.25) is 4.98 Å². The van der Waals surface area contributed by atoms with Crippen molar-refractivity contribution in [3.8, 4) is 0 Å². The Bertz CT molecular complexity index is 273. The first-order chi connectivity index (χ1) is 5.65. The van der Waals surface area contributed by atoms with Crippen molar-refractivity contribution in [1.29, 1.82) is 0 Å². The molecule has 0 bridgehead atoms. The van der Waals surface area contributed by atoms with Crippen molar-refractivity contribution in [3.63, 3.8) is 0 Å². The van der Waals surface area contributed by atoms with Crippen molar-refractivity contribution < 1.29 is 4.39 Å². The van der Waals surface area contributed by atoms with Crippen molar-refractivity contribution in [2.24, 2.45) is 0 Å². The standard InChI is InChI=1S/C9H11ClFN/c1-6(2)7-3-8(10)9(4-11)12-5-7/h3,5-6H,4H2,1-2H3. The van der Waals surface area contributed by atoms with Crippen LogP contribution in [-0.4, -0.2) is 4.98 Å². The molecule has 1 aromatic heterocycles. The Morgan fingerprint density at radius 3 is 2.67 bits per heavy atom. The van der Waals surface area contributed by atoms with E-state index in [0.29, 0.717) is 16.6 Å². The van der Waals surface area contributed by atoms with Crippen LogP contribution in [0.4, 0.5) is 4.39 Å². The smallest absolute Gasteiger partial charge is 0.133 e. The third-order valence-corrected chi connectivity index (χ3v) is 2.06. The molecular weight excluding hydrogens is 177 g/mol. The first-order valence-corrected chi connectivity index (χ1v) is 4.23. The van der Waals surface area contributed by atoms with Crippen LogP contribution in [0.25, 0.3) is 0 Å². The zero-order valence-corrected chi connectivity index (χ0v) is 7.90. The van der Waals surface area contributed by atoms with Crippen molar-refractivity contribution in [2.75, 3.05) is 0 Å². The third kappa shape index (κ3) is 1.95. The van der Waals surface area contributed by atoms with Crippen LogP contribution >= 0.6 is 11.6 Å². The highest BCUT2D eigenvalue weighted by atomic mass is 35.5. The van der Waals surface area contributed by atoms with Crippen LogP contribution in [-0.2, 0) is 6.67 Å². The molecule has 0 saturated carbocycles. The number of alkyl halides is 1. The SMILES string of the molecule is CC(C)c1cnc(CF)c(Cl)c1. The average Bonchev–Trinajstić information content (AvgIpc) is 2.04. The van der Waals surface area contributed by atoms with Crippen LogP contribution in [0.15, 0.2) is 12.3 Å². The number of aromatic nitrogens is 1. The molecule has 0 radical (unpaired) electrons. The predicted molar refractivity (Wildman–Crippen MR) is 48.1 cm³/mol. The average molecular weight is 188 g/mol. The fourth-order valence-electron chi connectivity index (χ4n) is 0.895. The zero-order chi connectivity index (χ0) is 9.14. The summed E-state index contributed by atoms with van der Waals surface area (Å²) in [5.41, 5.74) is 1.36. The summed E-state index contributed by atoms with van der Waals surface area (Å²) in [6.07, 6.45) is 1.67. The van der Waals surface area contributed by atoms with Crippen LogP contribution in [0, 0.1) is 0 Å². The molecule has 0 amide bonds. The second-order valence-electron chi connectivity index (χ2n) is 2.99. The number of pyridine rings is 1. The van der Waals surface area contributed by atoms with Gasteiger partial charge in [-0.1, -0.05) is 25.4 Å². The van der Waals surface area contributed by atoms with Gasteiger partial charge in [0.25, 0.3) is 0 Å². The molecule has 1 rings (SSSR count). The van der Waals surface area contributed by atoms with Crippen LogP contribution in [0.3, 0.4) is 0 Å². The second kappa shape index (κ2) is 3.85. The first-order valence-electron chi connectivity index (χ1n) is 3.85. The topological polar surface area (TPSA) is 12.9 Å². The van der Waals surface area contributed by atoms with E-state index >= 15 is 0 Å². The predicted octanol–water partition coefficient (Wildman–Crippen LogP) is 3.33.